The molecule has 0 bridgehead atoms. The summed E-state index contributed by atoms with van der Waals surface area (Å²) in [5.74, 6) is 4.64. The molecule has 0 spiro atoms. The van der Waals surface area contributed by atoms with Crippen LogP contribution in [0.15, 0.2) is 6.20 Å². The number of carbonyl (C=O) groups excluding carboxylic acids is 1. The van der Waals surface area contributed by atoms with Gasteiger partial charge in [0.15, 0.2) is 0 Å². The van der Waals surface area contributed by atoms with Crippen LogP contribution in [0.3, 0.4) is 0 Å². The van der Waals surface area contributed by atoms with Gasteiger partial charge in [-0.15, -0.1) is 0 Å². The normalized spacial score (nSPS) is 10.1. The number of ether oxygens (including phenoxy) is 1. The zero-order chi connectivity index (χ0) is 9.84. The second-order valence-electron chi connectivity index (χ2n) is 2.54. The molecule has 72 valence electrons. The van der Waals surface area contributed by atoms with Gasteiger partial charge in [0, 0.05) is 14.2 Å². The Bertz CT molecular complexity index is 307. The number of hydrogen-bond acceptors (Lipinski definition) is 4. The van der Waals surface area contributed by atoms with Crippen molar-refractivity contribution in [1.29, 1.82) is 0 Å². The first-order chi connectivity index (χ1) is 6.20. The number of hydrazine groups is 1. The van der Waals surface area contributed by atoms with Crippen LogP contribution in [0.25, 0.3) is 0 Å². The predicted molar refractivity (Wildman–Crippen MR) is 45.6 cm³/mol. The zero-order valence-electron chi connectivity index (χ0n) is 7.57. The maximum absolute atomic E-state index is 11.2. The topological polar surface area (TPSA) is 82.2 Å². The molecule has 0 aliphatic carbocycles. The van der Waals surface area contributed by atoms with Gasteiger partial charge < -0.3 is 4.74 Å². The van der Waals surface area contributed by atoms with E-state index in [1.807, 2.05) is 5.43 Å². The minimum Gasteiger partial charge on any atom is -0.378 e. The summed E-state index contributed by atoms with van der Waals surface area (Å²) in [5.41, 5.74) is 3.18. The van der Waals surface area contributed by atoms with E-state index in [0.717, 1.165) is 0 Å². The summed E-state index contributed by atoms with van der Waals surface area (Å²) >= 11 is 0. The van der Waals surface area contributed by atoms with Crippen molar-refractivity contribution in [2.24, 2.45) is 12.9 Å². The molecule has 1 aromatic heterocycles. The van der Waals surface area contributed by atoms with Gasteiger partial charge in [-0.3, -0.25) is 14.9 Å². The molecule has 6 heteroatoms. The van der Waals surface area contributed by atoms with E-state index in [1.165, 1.54) is 6.20 Å². The molecule has 0 aliphatic rings. The number of nitrogens with two attached hydrogens (primary N) is 1. The molecule has 0 unspecified atom stereocenters. The van der Waals surface area contributed by atoms with Crippen LogP contribution in [0.4, 0.5) is 0 Å². The third kappa shape index (κ3) is 1.85. The lowest BCUT2D eigenvalue weighted by atomic mass is 10.2. The van der Waals surface area contributed by atoms with Gasteiger partial charge in [0.05, 0.1) is 24.1 Å². The molecule has 0 aliphatic heterocycles. The fraction of sp³-hybridized carbons (Fsp3) is 0.429. The number of amides is 1. The van der Waals surface area contributed by atoms with E-state index in [2.05, 4.69) is 5.10 Å². The van der Waals surface area contributed by atoms with Crippen molar-refractivity contribution in [2.75, 3.05) is 7.11 Å². The Labute approximate surface area is 75.6 Å². The highest BCUT2D eigenvalue weighted by Crippen LogP contribution is 2.07. The Balaban J connectivity index is 2.99. The largest absolute Gasteiger partial charge is 0.378 e. The lowest BCUT2D eigenvalue weighted by Gasteiger charge is -2.03. The molecule has 1 heterocycles. The van der Waals surface area contributed by atoms with E-state index < -0.39 is 0 Å². The van der Waals surface area contributed by atoms with Crippen LogP contribution in [0.2, 0.25) is 0 Å². The molecule has 3 N–H and O–H groups in total. The van der Waals surface area contributed by atoms with E-state index in [-0.39, 0.29) is 5.91 Å². The summed E-state index contributed by atoms with van der Waals surface area (Å²) in [5, 5.41) is 3.92. The monoisotopic (exact) mass is 184 g/mol. The molecule has 1 rings (SSSR count). The molecule has 0 saturated heterocycles. The summed E-state index contributed by atoms with van der Waals surface area (Å²) in [6.45, 7) is 0.333. The number of nitrogen functional groups attached to an aromatic ring is 1. The van der Waals surface area contributed by atoms with Crippen molar-refractivity contribution >= 4 is 5.91 Å². The Kier molecular flexibility index (Phi) is 2.99. The smallest absolute Gasteiger partial charge is 0.268 e. The molecule has 1 amide bonds. The predicted octanol–water partition coefficient (Wildman–Crippen LogP) is -0.830. The molecule has 0 fully saturated rings. The Hall–Kier alpha value is -1.40. The highest BCUT2D eigenvalue weighted by Gasteiger charge is 2.14. The second kappa shape index (κ2) is 4.01. The first kappa shape index (κ1) is 9.69. The fourth-order valence-corrected chi connectivity index (χ4v) is 1.04. The van der Waals surface area contributed by atoms with Gasteiger partial charge in [-0.25, -0.2) is 5.84 Å². The molecular formula is C7H12N4O2. The number of nitrogens with zero attached hydrogens (tertiary/aromatic N) is 2. The Morgan fingerprint density at radius 3 is 3.08 bits per heavy atom. The maximum Gasteiger partial charge on any atom is 0.268 e. The van der Waals surface area contributed by atoms with Crippen molar-refractivity contribution in [3.8, 4) is 0 Å². The minimum absolute atomic E-state index is 0.333. The van der Waals surface area contributed by atoms with Crippen LogP contribution in [0.5, 0.6) is 0 Å². The summed E-state index contributed by atoms with van der Waals surface area (Å²) in [4.78, 5) is 11.2. The highest BCUT2D eigenvalue weighted by atomic mass is 16.5. The molecule has 6 nitrogen and oxygen atoms in total. The van der Waals surface area contributed by atoms with Crippen LogP contribution >= 0.6 is 0 Å². The van der Waals surface area contributed by atoms with E-state index >= 15 is 0 Å². The lowest BCUT2D eigenvalue weighted by Crippen LogP contribution is -2.30. The first-order valence-electron chi connectivity index (χ1n) is 3.71. The van der Waals surface area contributed by atoms with Gasteiger partial charge >= 0.3 is 0 Å². The van der Waals surface area contributed by atoms with E-state index in [4.69, 9.17) is 10.6 Å². The molecule has 0 saturated carbocycles. The zero-order valence-corrected chi connectivity index (χ0v) is 7.57. The minimum atomic E-state index is -0.361. The van der Waals surface area contributed by atoms with Gasteiger partial charge in [0.25, 0.3) is 5.91 Å². The van der Waals surface area contributed by atoms with E-state index in [1.54, 1.807) is 18.8 Å². The van der Waals surface area contributed by atoms with Gasteiger partial charge in [-0.2, -0.15) is 5.10 Å². The van der Waals surface area contributed by atoms with Crippen molar-refractivity contribution in [3.63, 3.8) is 0 Å². The first-order valence-corrected chi connectivity index (χ1v) is 3.71. The molecular weight excluding hydrogens is 172 g/mol. The fourth-order valence-electron chi connectivity index (χ4n) is 1.04. The number of methoxy groups -OCH3 is 1. The van der Waals surface area contributed by atoms with Crippen LogP contribution in [-0.2, 0) is 18.4 Å². The molecule has 0 aromatic carbocycles. The lowest BCUT2D eigenvalue weighted by molar-refractivity contribution is 0.0948. The molecule has 0 atom stereocenters. The SMILES string of the molecule is COCc1c(C(=O)NN)cnn1C. The highest BCUT2D eigenvalue weighted by molar-refractivity contribution is 5.94. The number of nitrogens with one attached hydrogen (secondary N) is 1. The van der Waals surface area contributed by atoms with E-state index in [0.29, 0.717) is 17.9 Å². The van der Waals surface area contributed by atoms with Crippen LogP contribution in [0.1, 0.15) is 16.1 Å². The van der Waals surface area contributed by atoms with Gasteiger partial charge in [0.2, 0.25) is 0 Å². The second-order valence-corrected chi connectivity index (χ2v) is 2.54. The van der Waals surface area contributed by atoms with Crippen LogP contribution in [-0.4, -0.2) is 22.8 Å². The number of rotatable bonds is 3. The summed E-state index contributed by atoms with van der Waals surface area (Å²) in [7, 11) is 3.29. The molecule has 13 heavy (non-hydrogen) atoms. The van der Waals surface area contributed by atoms with Crippen LogP contribution in [0, 0.1) is 0 Å². The quantitative estimate of drug-likeness (QED) is 0.365. The number of aryl methyl sites for hydroxylation is 1. The van der Waals surface area contributed by atoms with Crippen molar-refractivity contribution in [2.45, 2.75) is 6.61 Å². The summed E-state index contributed by atoms with van der Waals surface area (Å²) in [6, 6.07) is 0. The van der Waals surface area contributed by atoms with E-state index in [9.17, 15) is 4.79 Å². The standard InChI is InChI=1S/C7H12N4O2/c1-11-6(4-13-2)5(3-9-11)7(12)10-8/h3H,4,8H2,1-2H3,(H,10,12). The van der Waals surface area contributed by atoms with Gasteiger partial charge in [-0.05, 0) is 0 Å². The summed E-state index contributed by atoms with van der Waals surface area (Å²) in [6.07, 6.45) is 1.45. The Morgan fingerprint density at radius 2 is 2.54 bits per heavy atom. The van der Waals surface area contributed by atoms with Crippen molar-refractivity contribution in [3.05, 3.63) is 17.5 Å². The molecule has 1 aromatic rings. The number of hydrogen-bond donors (Lipinski definition) is 2. The number of aromatic nitrogens is 2. The maximum atomic E-state index is 11.2. The van der Waals surface area contributed by atoms with Crippen molar-refractivity contribution < 1.29 is 9.53 Å². The third-order valence-corrected chi connectivity index (χ3v) is 1.72. The molecule has 0 radical (unpaired) electrons. The van der Waals surface area contributed by atoms with Gasteiger partial charge in [-0.1, -0.05) is 0 Å². The average Bonchev–Trinajstić information content (AvgIpc) is 2.48. The van der Waals surface area contributed by atoms with Crippen LogP contribution < -0.4 is 11.3 Å². The van der Waals surface area contributed by atoms with Gasteiger partial charge in [0.1, 0.15) is 0 Å². The summed E-state index contributed by atoms with van der Waals surface area (Å²) < 4.78 is 6.50. The Morgan fingerprint density at radius 1 is 1.85 bits per heavy atom. The van der Waals surface area contributed by atoms with Crippen molar-refractivity contribution in [1.82, 2.24) is 15.2 Å². The number of carbonyl (C=O) groups is 1. The average molecular weight is 184 g/mol. The third-order valence-electron chi connectivity index (χ3n) is 1.72.